The molecule has 1 N–H and O–H groups in total. The maximum absolute atomic E-state index is 14.7. The van der Waals surface area contributed by atoms with E-state index in [1.165, 1.54) is 18.1 Å². The summed E-state index contributed by atoms with van der Waals surface area (Å²) < 4.78 is 22.0. The molecule has 0 fully saturated rings. The number of aryl methyl sites for hydroxylation is 2. The van der Waals surface area contributed by atoms with Crippen LogP contribution in [0, 0.1) is 5.82 Å². The van der Waals surface area contributed by atoms with Crippen molar-refractivity contribution in [1.29, 1.82) is 0 Å². The number of carbonyl (C=O) groups is 2. The second kappa shape index (κ2) is 7.55. The van der Waals surface area contributed by atoms with Crippen molar-refractivity contribution < 1.29 is 23.8 Å². The van der Waals surface area contributed by atoms with E-state index in [1.807, 2.05) is 6.92 Å². The van der Waals surface area contributed by atoms with Gasteiger partial charge in [-0.15, -0.1) is 0 Å². The SMILES string of the molecule is CCn1cc(CC(=O)N(C)C)c2c(OC)c(CCC(=O)O)cc(F)c21. The van der Waals surface area contributed by atoms with E-state index in [0.29, 0.717) is 34.3 Å². The molecule has 1 aromatic carbocycles. The maximum atomic E-state index is 14.7. The molecule has 6 nitrogen and oxygen atoms in total. The monoisotopic (exact) mass is 350 g/mol. The Bertz CT molecular complexity index is 811. The van der Waals surface area contributed by atoms with E-state index in [1.54, 1.807) is 24.9 Å². The van der Waals surface area contributed by atoms with Crippen molar-refractivity contribution in [3.63, 3.8) is 0 Å². The number of amides is 1. The number of aliphatic carboxylic acids is 1. The van der Waals surface area contributed by atoms with Crippen LogP contribution in [0.1, 0.15) is 24.5 Å². The van der Waals surface area contributed by atoms with Crippen LogP contribution in [0.15, 0.2) is 12.3 Å². The summed E-state index contributed by atoms with van der Waals surface area (Å²) in [7, 11) is 4.80. The van der Waals surface area contributed by atoms with E-state index >= 15 is 0 Å². The summed E-state index contributed by atoms with van der Waals surface area (Å²) in [4.78, 5) is 24.5. The van der Waals surface area contributed by atoms with Crippen LogP contribution in [0.5, 0.6) is 5.75 Å². The molecule has 7 heteroatoms. The van der Waals surface area contributed by atoms with E-state index in [4.69, 9.17) is 9.84 Å². The van der Waals surface area contributed by atoms with Gasteiger partial charge >= 0.3 is 5.97 Å². The summed E-state index contributed by atoms with van der Waals surface area (Å²) in [5, 5.41) is 9.45. The highest BCUT2D eigenvalue weighted by atomic mass is 19.1. The molecule has 0 saturated carbocycles. The van der Waals surface area contributed by atoms with Crippen molar-refractivity contribution in [3.8, 4) is 5.75 Å². The number of carboxylic acid groups (broad SMARTS) is 1. The van der Waals surface area contributed by atoms with Crippen LogP contribution >= 0.6 is 0 Å². The Kier molecular flexibility index (Phi) is 5.66. The minimum atomic E-state index is -0.961. The van der Waals surface area contributed by atoms with E-state index in [2.05, 4.69) is 0 Å². The molecule has 0 aliphatic carbocycles. The fraction of sp³-hybridized carbons (Fsp3) is 0.444. The third kappa shape index (κ3) is 3.75. The number of likely N-dealkylation sites (N-methyl/N-ethyl adjacent to an activating group) is 1. The zero-order chi connectivity index (χ0) is 18.7. The largest absolute Gasteiger partial charge is 0.496 e. The van der Waals surface area contributed by atoms with Crippen LogP contribution in [0.3, 0.4) is 0 Å². The van der Waals surface area contributed by atoms with Gasteiger partial charge in [-0.05, 0) is 30.5 Å². The number of ether oxygens (including phenoxy) is 1. The fourth-order valence-corrected chi connectivity index (χ4v) is 2.94. The number of aromatic nitrogens is 1. The molecule has 0 unspecified atom stereocenters. The third-order valence-electron chi connectivity index (χ3n) is 4.20. The number of benzene rings is 1. The molecule has 0 spiro atoms. The summed E-state index contributed by atoms with van der Waals surface area (Å²) in [5.74, 6) is -1.07. The van der Waals surface area contributed by atoms with Gasteiger partial charge in [0.1, 0.15) is 11.6 Å². The minimum Gasteiger partial charge on any atom is -0.496 e. The van der Waals surface area contributed by atoms with Gasteiger partial charge in [0.25, 0.3) is 0 Å². The van der Waals surface area contributed by atoms with Crippen molar-refractivity contribution in [2.45, 2.75) is 32.7 Å². The average Bonchev–Trinajstić information content (AvgIpc) is 2.92. The number of fused-ring (bicyclic) bond motifs is 1. The number of nitrogens with zero attached hydrogens (tertiary/aromatic N) is 2. The molecule has 0 radical (unpaired) electrons. The lowest BCUT2D eigenvalue weighted by Gasteiger charge is -2.13. The Morgan fingerprint density at radius 3 is 2.52 bits per heavy atom. The summed E-state index contributed by atoms with van der Waals surface area (Å²) in [6.45, 7) is 2.43. The van der Waals surface area contributed by atoms with Crippen LogP contribution in [-0.4, -0.2) is 47.7 Å². The number of hydrogen-bond acceptors (Lipinski definition) is 3. The third-order valence-corrected chi connectivity index (χ3v) is 4.20. The molecular formula is C18H23FN2O4. The van der Waals surface area contributed by atoms with Crippen LogP contribution < -0.4 is 4.74 Å². The number of hydrogen-bond donors (Lipinski definition) is 1. The normalized spacial score (nSPS) is 10.9. The van der Waals surface area contributed by atoms with Crippen LogP contribution in [0.2, 0.25) is 0 Å². The zero-order valence-electron chi connectivity index (χ0n) is 14.9. The predicted molar refractivity (Wildman–Crippen MR) is 92.5 cm³/mol. The van der Waals surface area contributed by atoms with Crippen molar-refractivity contribution in [2.24, 2.45) is 0 Å². The molecule has 2 aromatic rings. The minimum absolute atomic E-state index is 0.103. The van der Waals surface area contributed by atoms with E-state index in [0.717, 1.165) is 0 Å². The van der Waals surface area contributed by atoms with E-state index < -0.39 is 11.8 Å². The topological polar surface area (TPSA) is 71.8 Å². The molecule has 0 atom stereocenters. The zero-order valence-corrected chi connectivity index (χ0v) is 14.9. The second-order valence-corrected chi connectivity index (χ2v) is 6.07. The molecule has 1 heterocycles. The van der Waals surface area contributed by atoms with Crippen molar-refractivity contribution >= 4 is 22.8 Å². The first-order chi connectivity index (χ1) is 11.8. The molecule has 1 amide bonds. The first-order valence-corrected chi connectivity index (χ1v) is 8.09. The number of halogens is 1. The summed E-state index contributed by atoms with van der Waals surface area (Å²) in [6.07, 6.45) is 1.92. The highest BCUT2D eigenvalue weighted by Crippen LogP contribution is 2.37. The molecule has 136 valence electrons. The lowest BCUT2D eigenvalue weighted by atomic mass is 10.0. The molecular weight excluding hydrogens is 327 g/mol. The van der Waals surface area contributed by atoms with E-state index in [-0.39, 0.29) is 25.2 Å². The number of carbonyl (C=O) groups excluding carboxylic acids is 1. The predicted octanol–water partition coefficient (Wildman–Crippen LogP) is 2.46. The average molecular weight is 350 g/mol. The highest BCUT2D eigenvalue weighted by molar-refractivity contribution is 5.95. The lowest BCUT2D eigenvalue weighted by Crippen LogP contribution is -2.23. The van der Waals surface area contributed by atoms with Gasteiger partial charge in [0.05, 0.1) is 19.0 Å². The fourth-order valence-electron chi connectivity index (χ4n) is 2.94. The van der Waals surface area contributed by atoms with Gasteiger partial charge in [0.2, 0.25) is 5.91 Å². The van der Waals surface area contributed by atoms with E-state index in [9.17, 15) is 14.0 Å². The first-order valence-electron chi connectivity index (χ1n) is 8.09. The van der Waals surface area contributed by atoms with Crippen molar-refractivity contribution in [3.05, 3.63) is 29.2 Å². The molecule has 0 aliphatic rings. The quantitative estimate of drug-likeness (QED) is 0.833. The Balaban J connectivity index is 2.68. The van der Waals surface area contributed by atoms with Gasteiger partial charge in [0, 0.05) is 38.6 Å². The van der Waals surface area contributed by atoms with Gasteiger partial charge in [-0.3, -0.25) is 9.59 Å². The molecule has 0 bridgehead atoms. The van der Waals surface area contributed by atoms with Gasteiger partial charge < -0.3 is 19.3 Å². The molecule has 1 aromatic heterocycles. The Morgan fingerprint density at radius 2 is 2.00 bits per heavy atom. The molecule has 0 aliphatic heterocycles. The van der Waals surface area contributed by atoms with Crippen LogP contribution in [0.4, 0.5) is 4.39 Å². The Hall–Kier alpha value is -2.57. The number of methoxy groups -OCH3 is 1. The van der Waals surface area contributed by atoms with Gasteiger partial charge in [-0.25, -0.2) is 4.39 Å². The standard InChI is InChI=1S/C18H23FN2O4/c1-5-21-10-12(9-14(22)20(2)3)16-17(21)13(19)8-11(18(16)25-4)6-7-15(23)24/h8,10H,5-7,9H2,1-4H3,(H,23,24). The summed E-state index contributed by atoms with van der Waals surface area (Å²) >= 11 is 0. The van der Waals surface area contributed by atoms with Crippen molar-refractivity contribution in [2.75, 3.05) is 21.2 Å². The van der Waals surface area contributed by atoms with Crippen LogP contribution in [-0.2, 0) is 29.0 Å². The summed E-state index contributed by atoms with van der Waals surface area (Å²) in [6, 6.07) is 1.33. The number of carboxylic acids is 1. The molecule has 25 heavy (non-hydrogen) atoms. The maximum Gasteiger partial charge on any atom is 0.303 e. The molecule has 2 rings (SSSR count). The highest BCUT2D eigenvalue weighted by Gasteiger charge is 2.22. The molecule has 0 saturated heterocycles. The lowest BCUT2D eigenvalue weighted by molar-refractivity contribution is -0.137. The Morgan fingerprint density at radius 1 is 1.32 bits per heavy atom. The van der Waals surface area contributed by atoms with Gasteiger partial charge in [0.15, 0.2) is 0 Å². The first kappa shape index (κ1) is 18.8. The van der Waals surface area contributed by atoms with Gasteiger partial charge in [-0.2, -0.15) is 0 Å². The number of rotatable bonds is 7. The van der Waals surface area contributed by atoms with Crippen molar-refractivity contribution in [1.82, 2.24) is 9.47 Å². The summed E-state index contributed by atoms with van der Waals surface area (Å²) in [5.41, 5.74) is 1.53. The van der Waals surface area contributed by atoms with Crippen LogP contribution in [0.25, 0.3) is 10.9 Å². The Labute approximate surface area is 145 Å². The van der Waals surface area contributed by atoms with Gasteiger partial charge in [-0.1, -0.05) is 0 Å². The smallest absolute Gasteiger partial charge is 0.303 e. The second-order valence-electron chi connectivity index (χ2n) is 6.07.